The zero-order valence-electron chi connectivity index (χ0n) is 7.20. The Kier molecular flexibility index (Phi) is 4.18. The fraction of sp³-hybridized carbons (Fsp3) is 0.625. The van der Waals surface area contributed by atoms with E-state index in [9.17, 15) is 14.4 Å². The van der Waals surface area contributed by atoms with Crippen molar-refractivity contribution in [3.8, 4) is 0 Å². The summed E-state index contributed by atoms with van der Waals surface area (Å²) in [5.74, 6) is -0.598. The third-order valence-electron chi connectivity index (χ3n) is 1.59. The third-order valence-corrected chi connectivity index (χ3v) is 1.59. The second-order valence-corrected chi connectivity index (χ2v) is 3.09. The first-order chi connectivity index (χ1) is 5.54. The largest absolute Gasteiger partial charge is 0.395 e. The Bertz CT molecular complexity index is 183. The maximum atomic E-state index is 11.0. The van der Waals surface area contributed by atoms with Gasteiger partial charge in [-0.3, -0.25) is 9.59 Å². The van der Waals surface area contributed by atoms with E-state index < -0.39 is 11.4 Å². The molecular formula is C8H12O4. The highest BCUT2D eigenvalue weighted by Crippen LogP contribution is 2.22. The van der Waals surface area contributed by atoms with Crippen molar-refractivity contribution in [1.82, 2.24) is 0 Å². The van der Waals surface area contributed by atoms with Crippen LogP contribution in [0.25, 0.3) is 0 Å². The van der Waals surface area contributed by atoms with Gasteiger partial charge < -0.3 is 9.53 Å². The van der Waals surface area contributed by atoms with Crippen molar-refractivity contribution in [2.75, 3.05) is 0 Å². The molecule has 0 heterocycles. The second-order valence-electron chi connectivity index (χ2n) is 3.09. The SMILES string of the molecule is CC(C)(CCC=O)C(=O)OC=O. The first kappa shape index (κ1) is 10.8. The molecule has 0 rings (SSSR count). The van der Waals surface area contributed by atoms with Gasteiger partial charge in [0.25, 0.3) is 0 Å². The molecule has 0 aromatic rings. The lowest BCUT2D eigenvalue weighted by Gasteiger charge is -2.18. The van der Waals surface area contributed by atoms with E-state index >= 15 is 0 Å². The van der Waals surface area contributed by atoms with E-state index in [1.807, 2.05) is 0 Å². The zero-order valence-corrected chi connectivity index (χ0v) is 7.20. The van der Waals surface area contributed by atoms with E-state index in [2.05, 4.69) is 4.74 Å². The summed E-state index contributed by atoms with van der Waals surface area (Å²) in [5.41, 5.74) is -0.762. The van der Waals surface area contributed by atoms with Crippen molar-refractivity contribution in [1.29, 1.82) is 0 Å². The monoisotopic (exact) mass is 172 g/mol. The van der Waals surface area contributed by atoms with Crippen LogP contribution in [0.3, 0.4) is 0 Å². The van der Waals surface area contributed by atoms with Crippen LogP contribution in [0.2, 0.25) is 0 Å². The number of carbonyl (C=O) groups is 3. The molecule has 0 atom stereocenters. The van der Waals surface area contributed by atoms with E-state index in [1.165, 1.54) is 0 Å². The summed E-state index contributed by atoms with van der Waals surface area (Å²) >= 11 is 0. The Morgan fingerprint density at radius 2 is 2.00 bits per heavy atom. The molecule has 0 saturated carbocycles. The van der Waals surface area contributed by atoms with Crippen LogP contribution in [-0.2, 0) is 19.1 Å². The van der Waals surface area contributed by atoms with Crippen molar-refractivity contribution >= 4 is 18.7 Å². The summed E-state index contributed by atoms with van der Waals surface area (Å²) in [5, 5.41) is 0. The molecule has 0 spiro atoms. The van der Waals surface area contributed by atoms with Crippen LogP contribution in [0.1, 0.15) is 26.7 Å². The summed E-state index contributed by atoms with van der Waals surface area (Å²) < 4.78 is 4.17. The van der Waals surface area contributed by atoms with Gasteiger partial charge in [0.1, 0.15) is 6.29 Å². The van der Waals surface area contributed by atoms with Gasteiger partial charge in [0.15, 0.2) is 0 Å². The minimum Gasteiger partial charge on any atom is -0.395 e. The van der Waals surface area contributed by atoms with Crippen LogP contribution < -0.4 is 0 Å². The molecule has 0 aromatic heterocycles. The summed E-state index contributed by atoms with van der Waals surface area (Å²) in [4.78, 5) is 30.8. The van der Waals surface area contributed by atoms with Crippen molar-refractivity contribution in [3.05, 3.63) is 0 Å². The number of hydrogen-bond donors (Lipinski definition) is 0. The highest BCUT2D eigenvalue weighted by molar-refractivity contribution is 5.81. The summed E-state index contributed by atoms with van der Waals surface area (Å²) in [7, 11) is 0. The lowest BCUT2D eigenvalue weighted by Crippen LogP contribution is -2.26. The van der Waals surface area contributed by atoms with Crippen LogP contribution in [0.4, 0.5) is 0 Å². The van der Waals surface area contributed by atoms with Gasteiger partial charge in [-0.25, -0.2) is 0 Å². The maximum absolute atomic E-state index is 11.0. The molecule has 0 aliphatic carbocycles. The van der Waals surface area contributed by atoms with Crippen molar-refractivity contribution in [2.24, 2.45) is 5.41 Å². The quantitative estimate of drug-likeness (QED) is 0.348. The number of aldehydes is 1. The summed E-state index contributed by atoms with van der Waals surface area (Å²) in [6.07, 6.45) is 1.42. The lowest BCUT2D eigenvalue weighted by molar-refractivity contribution is -0.159. The Morgan fingerprint density at radius 3 is 2.42 bits per heavy atom. The molecule has 0 aliphatic heterocycles. The maximum Gasteiger partial charge on any atom is 0.318 e. The average Bonchev–Trinajstić information content (AvgIpc) is 2.01. The molecular weight excluding hydrogens is 160 g/mol. The minimum atomic E-state index is -0.762. The molecule has 4 nitrogen and oxygen atoms in total. The van der Waals surface area contributed by atoms with Crippen molar-refractivity contribution in [3.63, 3.8) is 0 Å². The molecule has 0 amide bonds. The van der Waals surface area contributed by atoms with Gasteiger partial charge in [-0.05, 0) is 20.3 Å². The zero-order chi connectivity index (χ0) is 9.61. The van der Waals surface area contributed by atoms with Gasteiger partial charge in [0.05, 0.1) is 5.41 Å². The molecule has 0 fully saturated rings. The van der Waals surface area contributed by atoms with E-state index in [1.54, 1.807) is 13.8 Å². The molecule has 12 heavy (non-hydrogen) atoms. The van der Waals surface area contributed by atoms with E-state index in [0.717, 1.165) is 6.29 Å². The van der Waals surface area contributed by atoms with Crippen LogP contribution in [-0.4, -0.2) is 18.7 Å². The highest BCUT2D eigenvalue weighted by atomic mass is 16.6. The lowest BCUT2D eigenvalue weighted by atomic mass is 9.88. The molecule has 0 bridgehead atoms. The molecule has 0 unspecified atom stereocenters. The summed E-state index contributed by atoms with van der Waals surface area (Å²) in [6, 6.07) is 0. The topological polar surface area (TPSA) is 60.4 Å². The first-order valence-corrected chi connectivity index (χ1v) is 3.63. The van der Waals surface area contributed by atoms with Gasteiger partial charge in [-0.2, -0.15) is 0 Å². The number of hydrogen-bond acceptors (Lipinski definition) is 4. The molecule has 68 valence electrons. The normalized spacial score (nSPS) is 10.5. The predicted octanol–water partition coefficient (Wildman–Crippen LogP) is 0.691. The van der Waals surface area contributed by atoms with Gasteiger partial charge in [0, 0.05) is 6.42 Å². The van der Waals surface area contributed by atoms with Crippen LogP contribution in [0.5, 0.6) is 0 Å². The van der Waals surface area contributed by atoms with Gasteiger partial charge in [0.2, 0.25) is 0 Å². The minimum absolute atomic E-state index is 0.102. The highest BCUT2D eigenvalue weighted by Gasteiger charge is 2.28. The number of carbonyl (C=O) groups excluding carboxylic acids is 3. The molecule has 0 N–H and O–H groups in total. The second kappa shape index (κ2) is 4.64. The van der Waals surface area contributed by atoms with Gasteiger partial charge >= 0.3 is 12.4 Å². The molecule has 4 heteroatoms. The number of ether oxygens (including phenoxy) is 1. The fourth-order valence-corrected chi connectivity index (χ4v) is 0.725. The van der Waals surface area contributed by atoms with E-state index in [0.29, 0.717) is 12.8 Å². The van der Waals surface area contributed by atoms with E-state index in [4.69, 9.17) is 0 Å². The first-order valence-electron chi connectivity index (χ1n) is 3.63. The van der Waals surface area contributed by atoms with Gasteiger partial charge in [-0.15, -0.1) is 0 Å². The Balaban J connectivity index is 4.07. The molecule has 0 aromatic carbocycles. The van der Waals surface area contributed by atoms with Crippen LogP contribution in [0.15, 0.2) is 0 Å². The Morgan fingerprint density at radius 1 is 1.42 bits per heavy atom. The van der Waals surface area contributed by atoms with E-state index in [-0.39, 0.29) is 6.47 Å². The average molecular weight is 172 g/mol. The Hall–Kier alpha value is -1.19. The molecule has 0 aliphatic rings. The molecule has 0 saturated heterocycles. The standard InChI is InChI=1S/C8H12O4/c1-8(2,4-3-5-9)7(11)12-6-10/h5-6H,3-4H2,1-2H3. The third kappa shape index (κ3) is 3.27. The fourth-order valence-electron chi connectivity index (χ4n) is 0.725. The van der Waals surface area contributed by atoms with Crippen LogP contribution >= 0.6 is 0 Å². The van der Waals surface area contributed by atoms with Crippen LogP contribution in [0, 0.1) is 5.41 Å². The van der Waals surface area contributed by atoms with Crippen molar-refractivity contribution in [2.45, 2.75) is 26.7 Å². The molecule has 0 radical (unpaired) electrons. The smallest absolute Gasteiger partial charge is 0.318 e. The van der Waals surface area contributed by atoms with Gasteiger partial charge in [-0.1, -0.05) is 0 Å². The van der Waals surface area contributed by atoms with Crippen molar-refractivity contribution < 1.29 is 19.1 Å². The predicted molar refractivity (Wildman–Crippen MR) is 41.2 cm³/mol. The number of esters is 1. The summed E-state index contributed by atoms with van der Waals surface area (Å²) in [6.45, 7) is 3.36. The number of rotatable bonds is 5. The Labute approximate surface area is 70.9 Å².